The van der Waals surface area contributed by atoms with Crippen LogP contribution in [0.25, 0.3) is 6.08 Å². The van der Waals surface area contributed by atoms with Gasteiger partial charge in [0, 0.05) is 0 Å². The molecule has 1 heterocycles. The molecule has 0 bridgehead atoms. The van der Waals surface area contributed by atoms with Crippen LogP contribution in [0.2, 0.25) is 0 Å². The lowest BCUT2D eigenvalue weighted by Gasteiger charge is -2.08. The topological polar surface area (TPSA) is 114 Å². The van der Waals surface area contributed by atoms with Crippen LogP contribution in [0, 0.1) is 0 Å². The van der Waals surface area contributed by atoms with Gasteiger partial charge in [-0.1, -0.05) is 49.9 Å². The molecule has 176 valence electrons. The summed E-state index contributed by atoms with van der Waals surface area (Å²) in [6.07, 6.45) is 2.34. The van der Waals surface area contributed by atoms with Crippen molar-refractivity contribution in [2.45, 2.75) is 27.2 Å². The van der Waals surface area contributed by atoms with Gasteiger partial charge in [0.1, 0.15) is 16.4 Å². The van der Waals surface area contributed by atoms with E-state index in [4.69, 9.17) is 15.2 Å². The Morgan fingerprint density at radius 3 is 2.52 bits per heavy atom. The summed E-state index contributed by atoms with van der Waals surface area (Å²) >= 11 is 1.16. The van der Waals surface area contributed by atoms with Crippen LogP contribution in [0.4, 0.5) is 5.69 Å². The van der Waals surface area contributed by atoms with E-state index in [-0.39, 0.29) is 23.7 Å². The zero-order valence-corrected chi connectivity index (χ0v) is 19.9. The Morgan fingerprint density at radius 1 is 1.15 bits per heavy atom. The molecule has 0 aliphatic carbocycles. The van der Waals surface area contributed by atoms with Gasteiger partial charge in [-0.25, -0.2) is 9.79 Å². The first-order chi connectivity index (χ1) is 16.0. The molecule has 0 unspecified atom stereocenters. The van der Waals surface area contributed by atoms with E-state index in [1.807, 2.05) is 32.0 Å². The van der Waals surface area contributed by atoms with Crippen LogP contribution in [-0.2, 0) is 9.53 Å². The quantitative estimate of drug-likeness (QED) is 0.352. The molecule has 0 spiro atoms. The minimum Gasteiger partial charge on any atom is -0.506 e. The number of carbonyl (C=O) groups excluding carboxylic acids is 1. The molecule has 0 saturated carbocycles. The van der Waals surface area contributed by atoms with Gasteiger partial charge in [-0.2, -0.15) is 0 Å². The SMILES string of the molecule is CC.CCOC(=O)C1=C(O)/C(=C/c2ccc(OCCCN)c(O)c2)SC1=Nc1ccccc1. The second kappa shape index (κ2) is 13.3. The Bertz CT molecular complexity index is 1030. The van der Waals surface area contributed by atoms with Gasteiger partial charge in [0.2, 0.25) is 0 Å². The highest BCUT2D eigenvalue weighted by molar-refractivity contribution is 8.18. The molecule has 1 aliphatic rings. The molecule has 1 aliphatic heterocycles. The van der Waals surface area contributed by atoms with Gasteiger partial charge in [-0.3, -0.25) is 0 Å². The van der Waals surface area contributed by atoms with Crippen molar-refractivity contribution in [3.05, 3.63) is 70.3 Å². The van der Waals surface area contributed by atoms with Crippen LogP contribution in [0.15, 0.2) is 69.8 Å². The number of thioether (sulfide) groups is 1. The number of phenols is 1. The molecule has 3 rings (SSSR count). The van der Waals surface area contributed by atoms with E-state index in [0.717, 1.165) is 11.8 Å². The fourth-order valence-electron chi connectivity index (χ4n) is 2.77. The number of rotatable bonds is 8. The Hall–Kier alpha value is -3.23. The van der Waals surface area contributed by atoms with Gasteiger partial charge in [-0.05, 0) is 55.8 Å². The number of benzene rings is 2. The van der Waals surface area contributed by atoms with Crippen molar-refractivity contribution in [2.75, 3.05) is 19.8 Å². The second-order valence-corrected chi connectivity index (χ2v) is 7.56. The second-order valence-electron chi connectivity index (χ2n) is 6.53. The fourth-order valence-corrected chi connectivity index (χ4v) is 3.81. The summed E-state index contributed by atoms with van der Waals surface area (Å²) in [5.74, 6) is -0.521. The number of carbonyl (C=O) groups is 1. The Kier molecular flexibility index (Phi) is 10.5. The van der Waals surface area contributed by atoms with E-state index in [1.165, 1.54) is 6.07 Å². The number of nitrogens with zero attached hydrogens (tertiary/aromatic N) is 1. The summed E-state index contributed by atoms with van der Waals surface area (Å²) in [5, 5.41) is 21.3. The lowest BCUT2D eigenvalue weighted by molar-refractivity contribution is -0.138. The van der Waals surface area contributed by atoms with Gasteiger partial charge in [0.25, 0.3) is 0 Å². The molecule has 0 atom stereocenters. The van der Waals surface area contributed by atoms with Crippen LogP contribution < -0.4 is 10.5 Å². The van der Waals surface area contributed by atoms with Crippen molar-refractivity contribution >= 4 is 34.5 Å². The third kappa shape index (κ3) is 7.13. The number of nitrogens with two attached hydrogens (primary N) is 1. The maximum atomic E-state index is 12.5. The highest BCUT2D eigenvalue weighted by Gasteiger charge is 2.33. The van der Waals surface area contributed by atoms with Crippen LogP contribution in [0.5, 0.6) is 11.5 Å². The highest BCUT2D eigenvalue weighted by atomic mass is 32.2. The van der Waals surface area contributed by atoms with Crippen LogP contribution >= 0.6 is 11.8 Å². The first kappa shape index (κ1) is 26.0. The van der Waals surface area contributed by atoms with Gasteiger partial charge in [0.05, 0.1) is 23.8 Å². The summed E-state index contributed by atoms with van der Waals surface area (Å²) in [6, 6.07) is 14.1. The third-order valence-electron chi connectivity index (χ3n) is 4.24. The Labute approximate surface area is 198 Å². The number of aliphatic imine (C=N–C) groups is 1. The summed E-state index contributed by atoms with van der Waals surface area (Å²) in [5.41, 5.74) is 6.75. The van der Waals surface area contributed by atoms with Gasteiger partial charge < -0.3 is 25.4 Å². The number of aliphatic hydroxyl groups is 1. The van der Waals surface area contributed by atoms with Crippen LogP contribution in [0.1, 0.15) is 32.8 Å². The number of aromatic hydroxyl groups is 1. The zero-order chi connectivity index (χ0) is 24.2. The van der Waals surface area contributed by atoms with E-state index in [1.54, 1.807) is 37.3 Å². The van der Waals surface area contributed by atoms with Gasteiger partial charge in [0.15, 0.2) is 11.5 Å². The summed E-state index contributed by atoms with van der Waals surface area (Å²) in [6.45, 7) is 6.79. The molecular weight excluding hydrogens is 440 g/mol. The maximum Gasteiger partial charge on any atom is 0.344 e. The minimum absolute atomic E-state index is 0.0212. The average Bonchev–Trinajstić information content (AvgIpc) is 3.12. The standard InChI is InChI=1S/C23H24N2O5S.C2H6/c1-2-29-23(28)20-21(27)19(31-22(20)25-16-7-4-3-5-8-16)14-15-9-10-18(17(26)13-15)30-12-6-11-24;1-2/h3-5,7-10,13-14,26-27H,2,6,11-12,24H2,1H3;1-2H3/b19-14-,25-22?;. The smallest absolute Gasteiger partial charge is 0.344 e. The molecule has 2 aromatic rings. The summed E-state index contributed by atoms with van der Waals surface area (Å²) in [4.78, 5) is 17.4. The van der Waals surface area contributed by atoms with E-state index in [9.17, 15) is 15.0 Å². The lowest BCUT2D eigenvalue weighted by atomic mass is 10.1. The molecule has 2 aromatic carbocycles. The molecule has 0 aromatic heterocycles. The molecule has 0 saturated heterocycles. The van der Waals surface area contributed by atoms with Crippen molar-refractivity contribution in [2.24, 2.45) is 10.7 Å². The molecule has 8 heteroatoms. The van der Waals surface area contributed by atoms with Crippen molar-refractivity contribution in [1.82, 2.24) is 0 Å². The Morgan fingerprint density at radius 2 is 1.88 bits per heavy atom. The molecule has 4 N–H and O–H groups in total. The van der Waals surface area contributed by atoms with E-state index < -0.39 is 5.97 Å². The predicted molar refractivity (Wildman–Crippen MR) is 134 cm³/mol. The average molecular weight is 471 g/mol. The third-order valence-corrected chi connectivity index (χ3v) is 5.26. The molecule has 0 radical (unpaired) electrons. The summed E-state index contributed by atoms with van der Waals surface area (Å²) < 4.78 is 10.6. The van der Waals surface area contributed by atoms with Crippen molar-refractivity contribution in [1.29, 1.82) is 0 Å². The maximum absolute atomic E-state index is 12.5. The first-order valence-electron chi connectivity index (χ1n) is 10.8. The monoisotopic (exact) mass is 470 g/mol. The normalized spacial score (nSPS) is 15.4. The van der Waals surface area contributed by atoms with Crippen molar-refractivity contribution in [3.8, 4) is 11.5 Å². The largest absolute Gasteiger partial charge is 0.506 e. The van der Waals surface area contributed by atoms with Gasteiger partial charge >= 0.3 is 5.97 Å². The van der Waals surface area contributed by atoms with E-state index in [2.05, 4.69) is 4.99 Å². The van der Waals surface area contributed by atoms with E-state index >= 15 is 0 Å². The zero-order valence-electron chi connectivity index (χ0n) is 19.1. The number of aliphatic hydroxyl groups excluding tert-OH is 1. The van der Waals surface area contributed by atoms with Crippen molar-refractivity contribution in [3.63, 3.8) is 0 Å². The number of esters is 1. The Balaban J connectivity index is 0.00000187. The molecule has 7 nitrogen and oxygen atoms in total. The summed E-state index contributed by atoms with van der Waals surface area (Å²) in [7, 11) is 0. The molecular formula is C25H30N2O5S. The van der Waals surface area contributed by atoms with Crippen LogP contribution in [-0.4, -0.2) is 41.0 Å². The number of phenolic OH excluding ortho intramolecular Hbond substituents is 1. The number of hydrogen-bond acceptors (Lipinski definition) is 8. The van der Waals surface area contributed by atoms with Crippen LogP contribution in [0.3, 0.4) is 0 Å². The number of para-hydroxylation sites is 1. The first-order valence-corrected chi connectivity index (χ1v) is 11.7. The van der Waals surface area contributed by atoms with Crippen molar-refractivity contribution < 1.29 is 24.5 Å². The molecule has 33 heavy (non-hydrogen) atoms. The van der Waals surface area contributed by atoms with E-state index in [0.29, 0.717) is 46.5 Å². The fraction of sp³-hybridized carbons (Fsp3) is 0.280. The molecule has 0 amide bonds. The number of ether oxygens (including phenoxy) is 2. The predicted octanol–water partition coefficient (Wildman–Crippen LogP) is 5.34. The number of hydrogen-bond donors (Lipinski definition) is 3. The van der Waals surface area contributed by atoms with Gasteiger partial charge in [-0.15, -0.1) is 0 Å². The lowest BCUT2D eigenvalue weighted by Crippen LogP contribution is -2.12. The highest BCUT2D eigenvalue weighted by Crippen LogP contribution is 2.40. The molecule has 0 fully saturated rings. The minimum atomic E-state index is -0.642.